The third-order valence-corrected chi connectivity index (χ3v) is 4.74. The molecule has 0 saturated carbocycles. The van der Waals surface area contributed by atoms with E-state index in [4.69, 9.17) is 20.9 Å². The van der Waals surface area contributed by atoms with E-state index in [0.29, 0.717) is 30.7 Å². The van der Waals surface area contributed by atoms with Gasteiger partial charge in [0.05, 0.1) is 12.2 Å². The van der Waals surface area contributed by atoms with Crippen molar-refractivity contribution >= 4 is 11.4 Å². The van der Waals surface area contributed by atoms with Gasteiger partial charge in [-0.3, -0.25) is 0 Å². The van der Waals surface area contributed by atoms with E-state index in [1.807, 2.05) is 6.07 Å². The summed E-state index contributed by atoms with van der Waals surface area (Å²) in [6, 6.07) is 1.95. The van der Waals surface area contributed by atoms with Gasteiger partial charge < -0.3 is 20.9 Å². The predicted molar refractivity (Wildman–Crippen MR) is 101 cm³/mol. The molecule has 0 aromatic carbocycles. The highest BCUT2D eigenvalue weighted by Crippen LogP contribution is 2.43. The van der Waals surface area contributed by atoms with Gasteiger partial charge in [-0.2, -0.15) is 0 Å². The molecule has 0 saturated heterocycles. The zero-order valence-corrected chi connectivity index (χ0v) is 15.6. The van der Waals surface area contributed by atoms with Crippen LogP contribution in [0.2, 0.25) is 0 Å². The normalized spacial score (nSPS) is 24.6. The predicted octanol–water partition coefficient (Wildman–Crippen LogP) is 3.31. The number of nitrogens with two attached hydrogens (primary N) is 2. The number of ether oxygens (including phenoxy) is 2. The van der Waals surface area contributed by atoms with Crippen molar-refractivity contribution in [3.63, 3.8) is 0 Å². The minimum absolute atomic E-state index is 0.324. The van der Waals surface area contributed by atoms with Crippen LogP contribution < -0.4 is 16.2 Å². The monoisotopic (exact) mass is 343 g/mol. The number of rotatable bonds is 5. The molecule has 5 nitrogen and oxygen atoms in total. The molecule has 0 spiro atoms. The fourth-order valence-electron chi connectivity index (χ4n) is 3.74. The lowest BCUT2D eigenvalue weighted by atomic mass is 9.83. The maximum Gasteiger partial charge on any atom is 0.169 e. The molecule has 1 aliphatic heterocycles. The summed E-state index contributed by atoms with van der Waals surface area (Å²) in [7, 11) is 0. The van der Waals surface area contributed by atoms with Crippen molar-refractivity contribution in [2.75, 3.05) is 18.9 Å². The highest BCUT2D eigenvalue weighted by Gasteiger charge is 2.33. The number of hydrogen-bond acceptors (Lipinski definition) is 5. The highest BCUT2D eigenvalue weighted by molar-refractivity contribution is 5.87. The maximum atomic E-state index is 6.40. The van der Waals surface area contributed by atoms with Gasteiger partial charge in [-0.15, -0.1) is 0 Å². The first-order chi connectivity index (χ1) is 11.7. The molecule has 25 heavy (non-hydrogen) atoms. The van der Waals surface area contributed by atoms with Crippen molar-refractivity contribution in [3.05, 3.63) is 35.6 Å². The standard InChI is InChI=1S/C20H29N3O2/c1-13(2)9-19(3,22)12-25-20(4)7-5-15-14(10-20)11-24-17-16(15)6-8-23-18(17)21/h5-6,8,10,13H,7,9,11-12,22H2,1-4H3,(H2,21,23)/t19-,20?/m0/s1. The van der Waals surface area contributed by atoms with Crippen LogP contribution in [-0.4, -0.2) is 29.3 Å². The Labute approximate surface area is 150 Å². The van der Waals surface area contributed by atoms with Gasteiger partial charge in [0.2, 0.25) is 0 Å². The Hall–Kier alpha value is -1.85. The molecular formula is C20H29N3O2. The largest absolute Gasteiger partial charge is 0.484 e. The minimum Gasteiger partial charge on any atom is -0.484 e. The van der Waals surface area contributed by atoms with Gasteiger partial charge in [0, 0.05) is 17.3 Å². The van der Waals surface area contributed by atoms with Crippen molar-refractivity contribution < 1.29 is 9.47 Å². The topological polar surface area (TPSA) is 83.4 Å². The number of hydrogen-bond donors (Lipinski definition) is 2. The molecule has 3 rings (SSSR count). The van der Waals surface area contributed by atoms with Crippen LogP contribution in [0.4, 0.5) is 5.82 Å². The van der Waals surface area contributed by atoms with E-state index in [1.165, 1.54) is 5.57 Å². The molecule has 1 unspecified atom stereocenters. The molecular weight excluding hydrogens is 314 g/mol. The summed E-state index contributed by atoms with van der Waals surface area (Å²) in [5.74, 6) is 1.67. The Morgan fingerprint density at radius 3 is 2.92 bits per heavy atom. The van der Waals surface area contributed by atoms with Gasteiger partial charge in [-0.1, -0.05) is 19.9 Å². The summed E-state index contributed by atoms with van der Waals surface area (Å²) in [5, 5.41) is 0. The lowest BCUT2D eigenvalue weighted by Crippen LogP contribution is -2.45. The van der Waals surface area contributed by atoms with Crippen LogP contribution in [0.25, 0.3) is 5.57 Å². The quantitative estimate of drug-likeness (QED) is 0.857. The van der Waals surface area contributed by atoms with Crippen molar-refractivity contribution in [3.8, 4) is 5.75 Å². The van der Waals surface area contributed by atoms with E-state index in [0.717, 1.165) is 24.0 Å². The lowest BCUT2D eigenvalue weighted by Gasteiger charge is -2.37. The van der Waals surface area contributed by atoms with Crippen LogP contribution in [0.15, 0.2) is 30.0 Å². The summed E-state index contributed by atoms with van der Waals surface area (Å²) in [4.78, 5) is 4.11. The third kappa shape index (κ3) is 3.88. The van der Waals surface area contributed by atoms with Gasteiger partial charge in [0.15, 0.2) is 11.6 Å². The van der Waals surface area contributed by atoms with Gasteiger partial charge in [0.1, 0.15) is 6.61 Å². The first-order valence-electron chi connectivity index (χ1n) is 8.92. The Morgan fingerprint density at radius 1 is 1.44 bits per heavy atom. The molecule has 1 aliphatic carbocycles. The molecule has 4 N–H and O–H groups in total. The number of pyridine rings is 1. The molecule has 0 amide bonds. The molecule has 2 aliphatic rings. The number of aromatic nitrogens is 1. The second kappa shape index (κ2) is 6.46. The fraction of sp³-hybridized carbons (Fsp3) is 0.550. The average Bonchev–Trinajstić information content (AvgIpc) is 2.52. The number of fused-ring (bicyclic) bond motifs is 3. The molecule has 136 valence electrons. The van der Waals surface area contributed by atoms with Crippen LogP contribution >= 0.6 is 0 Å². The number of nitrogens with zero attached hydrogens (tertiary/aromatic N) is 1. The molecule has 5 heteroatoms. The van der Waals surface area contributed by atoms with Crippen molar-refractivity contribution in [1.82, 2.24) is 4.98 Å². The second-order valence-corrected chi connectivity index (χ2v) is 8.21. The van der Waals surface area contributed by atoms with Crippen LogP contribution in [-0.2, 0) is 4.74 Å². The van der Waals surface area contributed by atoms with E-state index in [2.05, 4.69) is 44.8 Å². The first-order valence-corrected chi connectivity index (χ1v) is 8.92. The Bertz CT molecular complexity index is 722. The van der Waals surface area contributed by atoms with Gasteiger partial charge >= 0.3 is 0 Å². The SMILES string of the molecule is CC(C)C[C@](C)(N)COC1(C)C=C2COc3c(ccnc3N)C2=CC1. The van der Waals surface area contributed by atoms with Crippen LogP contribution in [0.5, 0.6) is 5.75 Å². The fourth-order valence-corrected chi connectivity index (χ4v) is 3.74. The summed E-state index contributed by atoms with van der Waals surface area (Å²) in [6.07, 6.45) is 7.84. The number of anilines is 1. The van der Waals surface area contributed by atoms with E-state index in [9.17, 15) is 0 Å². The maximum absolute atomic E-state index is 6.40. The average molecular weight is 343 g/mol. The van der Waals surface area contributed by atoms with Crippen LogP contribution in [0.1, 0.15) is 46.1 Å². The van der Waals surface area contributed by atoms with Crippen LogP contribution in [0.3, 0.4) is 0 Å². The summed E-state index contributed by atoms with van der Waals surface area (Å²) in [5.41, 5.74) is 15.0. The van der Waals surface area contributed by atoms with Crippen molar-refractivity contribution in [1.29, 1.82) is 0 Å². The van der Waals surface area contributed by atoms with E-state index >= 15 is 0 Å². The summed E-state index contributed by atoms with van der Waals surface area (Å²) in [6.45, 7) is 9.55. The Morgan fingerprint density at radius 2 is 2.20 bits per heavy atom. The molecule has 0 fully saturated rings. The van der Waals surface area contributed by atoms with Gasteiger partial charge in [0.25, 0.3) is 0 Å². The molecule has 2 atom stereocenters. The second-order valence-electron chi connectivity index (χ2n) is 8.21. The lowest BCUT2D eigenvalue weighted by molar-refractivity contribution is -0.0215. The zero-order chi connectivity index (χ0) is 18.2. The molecule has 1 aromatic heterocycles. The van der Waals surface area contributed by atoms with Crippen LogP contribution in [0, 0.1) is 5.92 Å². The van der Waals surface area contributed by atoms with E-state index in [1.54, 1.807) is 6.20 Å². The zero-order valence-electron chi connectivity index (χ0n) is 15.6. The highest BCUT2D eigenvalue weighted by atomic mass is 16.5. The van der Waals surface area contributed by atoms with Gasteiger partial charge in [-0.25, -0.2) is 4.98 Å². The van der Waals surface area contributed by atoms with E-state index in [-0.39, 0.29) is 11.1 Å². The minimum atomic E-state index is -0.365. The molecule has 0 radical (unpaired) electrons. The molecule has 1 aromatic rings. The molecule has 0 bridgehead atoms. The summed E-state index contributed by atoms with van der Waals surface area (Å²) < 4.78 is 12.1. The van der Waals surface area contributed by atoms with Crippen molar-refractivity contribution in [2.45, 2.75) is 51.7 Å². The van der Waals surface area contributed by atoms with Crippen molar-refractivity contribution in [2.24, 2.45) is 11.7 Å². The third-order valence-electron chi connectivity index (χ3n) is 4.74. The number of nitrogen functional groups attached to an aromatic ring is 1. The summed E-state index contributed by atoms with van der Waals surface area (Å²) >= 11 is 0. The first kappa shape index (κ1) is 18.0. The Kier molecular flexibility index (Phi) is 4.64. The smallest absolute Gasteiger partial charge is 0.169 e. The Balaban J connectivity index is 1.76. The van der Waals surface area contributed by atoms with E-state index < -0.39 is 0 Å². The molecule has 2 heterocycles. The van der Waals surface area contributed by atoms with Gasteiger partial charge in [-0.05, 0) is 55.9 Å².